The Morgan fingerprint density at radius 1 is 1.29 bits per heavy atom. The summed E-state index contributed by atoms with van der Waals surface area (Å²) in [7, 11) is 0. The van der Waals surface area contributed by atoms with Gasteiger partial charge in [0.15, 0.2) is 0 Å². The Balaban J connectivity index is 0.00000288. The molecule has 0 radical (unpaired) electrons. The van der Waals surface area contributed by atoms with Gasteiger partial charge >= 0.3 is 6.18 Å². The summed E-state index contributed by atoms with van der Waals surface area (Å²) in [6.07, 6.45) is -4.43. The van der Waals surface area contributed by atoms with Crippen LogP contribution in [0.15, 0.2) is 18.2 Å². The maximum Gasteiger partial charge on any atom is 0.405 e. The molecule has 24 heavy (non-hydrogen) atoms. The number of nitrogens with one attached hydrogen (secondary N) is 2. The summed E-state index contributed by atoms with van der Waals surface area (Å²) in [4.78, 5) is 13.4. The molecule has 1 unspecified atom stereocenters. The van der Waals surface area contributed by atoms with Crippen molar-refractivity contribution in [1.29, 1.82) is 0 Å². The minimum absolute atomic E-state index is 0. The molecule has 4 nitrogen and oxygen atoms in total. The highest BCUT2D eigenvalue weighted by atomic mass is 35.5. The number of hydrogen-bond acceptors (Lipinski definition) is 3. The lowest BCUT2D eigenvalue weighted by Gasteiger charge is -2.35. The van der Waals surface area contributed by atoms with Gasteiger partial charge in [-0.3, -0.25) is 9.69 Å². The van der Waals surface area contributed by atoms with E-state index in [2.05, 4.69) is 10.6 Å². The van der Waals surface area contributed by atoms with Gasteiger partial charge in [-0.2, -0.15) is 13.2 Å². The van der Waals surface area contributed by atoms with E-state index in [1.54, 1.807) is 0 Å². The number of hydrogen-bond donors (Lipinski definition) is 2. The van der Waals surface area contributed by atoms with Crippen molar-refractivity contribution in [2.45, 2.75) is 12.2 Å². The molecule has 1 saturated heterocycles. The van der Waals surface area contributed by atoms with Crippen molar-refractivity contribution >= 4 is 41.5 Å². The molecule has 0 saturated carbocycles. The van der Waals surface area contributed by atoms with Gasteiger partial charge in [0.1, 0.15) is 6.04 Å². The molecule has 1 heterocycles. The number of carbonyl (C=O) groups excluding carboxylic acids is 1. The quantitative estimate of drug-likeness (QED) is 0.808. The van der Waals surface area contributed by atoms with Crippen LogP contribution in [0.25, 0.3) is 0 Å². The molecule has 0 aliphatic carbocycles. The normalized spacial score (nSPS) is 17.0. The Labute approximate surface area is 154 Å². The van der Waals surface area contributed by atoms with Crippen LogP contribution in [0.5, 0.6) is 0 Å². The van der Waals surface area contributed by atoms with Gasteiger partial charge in [0, 0.05) is 32.7 Å². The number of benzene rings is 1. The first kappa shape index (κ1) is 21.3. The summed E-state index contributed by atoms with van der Waals surface area (Å²) in [5, 5.41) is 5.50. The first-order valence-electron chi connectivity index (χ1n) is 7.04. The predicted octanol–water partition coefficient (Wildman–Crippen LogP) is 2.98. The zero-order chi connectivity index (χ0) is 17.0. The van der Waals surface area contributed by atoms with Gasteiger partial charge < -0.3 is 10.6 Å². The lowest BCUT2D eigenvalue weighted by atomic mass is 10.1. The summed E-state index contributed by atoms with van der Waals surface area (Å²) in [5.41, 5.74) is 0.0559. The molecule has 0 bridgehead atoms. The molecule has 1 amide bonds. The SMILES string of the molecule is Cl.O=C(NCC(N1CCNCC1)C(F)(F)F)c1cccc(Cl)c1Cl. The van der Waals surface area contributed by atoms with Crippen molar-refractivity contribution in [1.82, 2.24) is 15.5 Å². The molecular weight excluding hydrogens is 390 g/mol. The molecule has 1 aromatic rings. The molecule has 1 aliphatic heterocycles. The molecule has 10 heteroatoms. The highest BCUT2D eigenvalue weighted by Crippen LogP contribution is 2.27. The standard InChI is InChI=1S/C14H16Cl2F3N3O.ClH/c15-10-3-1-2-9(12(10)16)13(23)21-8-11(14(17,18)19)22-6-4-20-5-7-22;/h1-3,11,20H,4-8H2,(H,21,23);1H. The van der Waals surface area contributed by atoms with Gasteiger partial charge in [-0.15, -0.1) is 12.4 Å². The second kappa shape index (κ2) is 9.10. The molecular formula is C14H17Cl3F3N3O. The van der Waals surface area contributed by atoms with Gasteiger partial charge in [-0.05, 0) is 12.1 Å². The number of nitrogens with zero attached hydrogens (tertiary/aromatic N) is 1. The van der Waals surface area contributed by atoms with Crippen LogP contribution in [0.3, 0.4) is 0 Å². The van der Waals surface area contributed by atoms with E-state index >= 15 is 0 Å². The summed E-state index contributed by atoms with van der Waals surface area (Å²) in [6, 6.07) is 2.70. The van der Waals surface area contributed by atoms with Gasteiger partial charge in [0.25, 0.3) is 5.91 Å². The Morgan fingerprint density at radius 3 is 2.50 bits per heavy atom. The zero-order valence-corrected chi connectivity index (χ0v) is 14.8. The van der Waals surface area contributed by atoms with Crippen LogP contribution in [-0.4, -0.2) is 55.7 Å². The maximum atomic E-state index is 13.2. The van der Waals surface area contributed by atoms with Crippen molar-refractivity contribution in [2.24, 2.45) is 0 Å². The highest BCUT2D eigenvalue weighted by Gasteiger charge is 2.43. The Morgan fingerprint density at radius 2 is 1.92 bits per heavy atom. The molecule has 1 fully saturated rings. The Hall–Kier alpha value is -0.730. The first-order chi connectivity index (χ1) is 10.8. The summed E-state index contributed by atoms with van der Waals surface area (Å²) < 4.78 is 39.7. The van der Waals surface area contributed by atoms with Gasteiger partial charge in [-0.1, -0.05) is 29.3 Å². The zero-order valence-electron chi connectivity index (χ0n) is 12.5. The van der Waals surface area contributed by atoms with Crippen molar-refractivity contribution in [3.05, 3.63) is 33.8 Å². The van der Waals surface area contributed by atoms with Crippen molar-refractivity contribution in [3.8, 4) is 0 Å². The van der Waals surface area contributed by atoms with Crippen molar-refractivity contribution in [3.63, 3.8) is 0 Å². The third-order valence-electron chi connectivity index (χ3n) is 3.62. The summed E-state index contributed by atoms with van der Waals surface area (Å²) in [5.74, 6) is -0.679. The summed E-state index contributed by atoms with van der Waals surface area (Å²) in [6.45, 7) is 0.989. The molecule has 2 rings (SSSR count). The van der Waals surface area contributed by atoms with Crippen LogP contribution >= 0.6 is 35.6 Å². The molecule has 0 aromatic heterocycles. The van der Waals surface area contributed by atoms with Crippen LogP contribution in [0, 0.1) is 0 Å². The topological polar surface area (TPSA) is 44.4 Å². The van der Waals surface area contributed by atoms with Crippen LogP contribution in [0.2, 0.25) is 10.0 Å². The lowest BCUT2D eigenvalue weighted by Crippen LogP contribution is -2.57. The minimum Gasteiger partial charge on any atom is -0.350 e. The van der Waals surface area contributed by atoms with Crippen LogP contribution < -0.4 is 10.6 Å². The number of carbonyl (C=O) groups is 1. The molecule has 1 aromatic carbocycles. The lowest BCUT2D eigenvalue weighted by molar-refractivity contribution is -0.183. The fourth-order valence-corrected chi connectivity index (χ4v) is 2.80. The fraction of sp³-hybridized carbons (Fsp3) is 0.500. The van der Waals surface area contributed by atoms with Crippen molar-refractivity contribution in [2.75, 3.05) is 32.7 Å². The third-order valence-corrected chi connectivity index (χ3v) is 4.44. The van der Waals surface area contributed by atoms with E-state index in [1.165, 1.54) is 23.1 Å². The Bertz CT molecular complexity index is 566. The van der Waals surface area contributed by atoms with Crippen LogP contribution in [0.4, 0.5) is 13.2 Å². The number of halogens is 6. The smallest absolute Gasteiger partial charge is 0.350 e. The summed E-state index contributed by atoms with van der Waals surface area (Å²) >= 11 is 11.7. The fourth-order valence-electron chi connectivity index (χ4n) is 2.41. The van der Waals surface area contributed by atoms with E-state index in [-0.39, 0.29) is 41.1 Å². The van der Waals surface area contributed by atoms with Gasteiger partial charge in [-0.25, -0.2) is 0 Å². The molecule has 2 N–H and O–H groups in total. The third kappa shape index (κ3) is 5.39. The monoisotopic (exact) mass is 405 g/mol. The van der Waals surface area contributed by atoms with Gasteiger partial charge in [0.2, 0.25) is 0 Å². The average Bonchev–Trinajstić information content (AvgIpc) is 2.50. The van der Waals surface area contributed by atoms with E-state index in [1.807, 2.05) is 0 Å². The van der Waals surface area contributed by atoms with Crippen LogP contribution in [0.1, 0.15) is 10.4 Å². The molecule has 1 aliphatic rings. The molecule has 136 valence electrons. The molecule has 1 atom stereocenters. The second-order valence-electron chi connectivity index (χ2n) is 5.15. The largest absolute Gasteiger partial charge is 0.405 e. The Kier molecular flexibility index (Phi) is 8.08. The minimum atomic E-state index is -4.43. The van der Waals surface area contributed by atoms with Crippen LogP contribution in [-0.2, 0) is 0 Å². The molecule has 0 spiro atoms. The maximum absolute atomic E-state index is 13.2. The van der Waals surface area contributed by atoms with E-state index < -0.39 is 24.7 Å². The second-order valence-corrected chi connectivity index (χ2v) is 5.94. The van der Waals surface area contributed by atoms with Gasteiger partial charge in [0.05, 0.1) is 15.6 Å². The van der Waals surface area contributed by atoms with Crippen molar-refractivity contribution < 1.29 is 18.0 Å². The van der Waals surface area contributed by atoms with E-state index in [4.69, 9.17) is 23.2 Å². The average molecular weight is 407 g/mol. The van der Waals surface area contributed by atoms with E-state index in [0.717, 1.165) is 0 Å². The first-order valence-corrected chi connectivity index (χ1v) is 7.80. The number of alkyl halides is 3. The number of rotatable bonds is 4. The number of amides is 1. The van der Waals surface area contributed by atoms with E-state index in [0.29, 0.717) is 13.1 Å². The number of piperazine rings is 1. The van der Waals surface area contributed by atoms with E-state index in [9.17, 15) is 18.0 Å². The predicted molar refractivity (Wildman–Crippen MR) is 90.3 cm³/mol. The highest BCUT2D eigenvalue weighted by molar-refractivity contribution is 6.43.